The van der Waals surface area contributed by atoms with Crippen LogP contribution >= 0.6 is 11.3 Å². The summed E-state index contributed by atoms with van der Waals surface area (Å²) < 4.78 is 5.44. The van der Waals surface area contributed by atoms with Crippen LogP contribution in [0.1, 0.15) is 37.6 Å². The molecule has 1 aromatic heterocycles. The molecule has 0 spiro atoms. The molecule has 1 unspecified atom stereocenters. The Morgan fingerprint density at radius 3 is 3.00 bits per heavy atom. The summed E-state index contributed by atoms with van der Waals surface area (Å²) in [6.07, 6.45) is 6.36. The fourth-order valence-electron chi connectivity index (χ4n) is 3.02. The number of hydrogen-bond acceptors (Lipinski definition) is 5. The zero-order chi connectivity index (χ0) is 14.7. The van der Waals surface area contributed by atoms with Crippen molar-refractivity contribution in [3.8, 4) is 0 Å². The fourth-order valence-corrected chi connectivity index (χ4v) is 3.87. The molecule has 0 aromatic carbocycles. The van der Waals surface area contributed by atoms with Crippen molar-refractivity contribution in [2.24, 2.45) is 5.92 Å². The summed E-state index contributed by atoms with van der Waals surface area (Å²) in [6.45, 7) is 3.82. The van der Waals surface area contributed by atoms with Crippen LogP contribution in [-0.2, 0) is 11.2 Å². The molecule has 1 aliphatic heterocycles. The second kappa shape index (κ2) is 6.70. The molecule has 2 fully saturated rings. The summed E-state index contributed by atoms with van der Waals surface area (Å²) in [5.74, 6) is 0.751. The largest absolute Gasteiger partial charge is 0.375 e. The molecule has 0 bridgehead atoms. The van der Waals surface area contributed by atoms with Gasteiger partial charge in [-0.15, -0.1) is 10.2 Å². The Hall–Kier alpha value is -1.21. The SMILES string of the molecule is CC1CN(C(=O)Nc2nnc(CC3CCCC3)s2)CCO1. The predicted octanol–water partition coefficient (Wildman–Crippen LogP) is 2.52. The van der Waals surface area contributed by atoms with Gasteiger partial charge in [-0.2, -0.15) is 0 Å². The summed E-state index contributed by atoms with van der Waals surface area (Å²) in [4.78, 5) is 13.9. The number of anilines is 1. The van der Waals surface area contributed by atoms with Gasteiger partial charge in [-0.1, -0.05) is 37.0 Å². The Labute approximate surface area is 128 Å². The van der Waals surface area contributed by atoms with Crippen LogP contribution in [-0.4, -0.2) is 46.9 Å². The maximum Gasteiger partial charge on any atom is 0.323 e. The Morgan fingerprint density at radius 2 is 2.24 bits per heavy atom. The highest BCUT2D eigenvalue weighted by Gasteiger charge is 2.23. The van der Waals surface area contributed by atoms with Crippen molar-refractivity contribution >= 4 is 22.5 Å². The number of carbonyl (C=O) groups is 1. The van der Waals surface area contributed by atoms with Gasteiger partial charge in [0.25, 0.3) is 0 Å². The monoisotopic (exact) mass is 310 g/mol. The highest BCUT2D eigenvalue weighted by atomic mass is 32.1. The lowest BCUT2D eigenvalue weighted by molar-refractivity contribution is -0.00138. The van der Waals surface area contributed by atoms with Crippen LogP contribution in [0.2, 0.25) is 0 Å². The predicted molar refractivity (Wildman–Crippen MR) is 81.6 cm³/mol. The van der Waals surface area contributed by atoms with Gasteiger partial charge in [0.05, 0.1) is 12.7 Å². The Bertz CT molecular complexity index is 487. The van der Waals surface area contributed by atoms with E-state index in [0.29, 0.717) is 24.8 Å². The second-order valence-corrected chi connectivity index (χ2v) is 6.98. The minimum absolute atomic E-state index is 0.0943. The van der Waals surface area contributed by atoms with Gasteiger partial charge in [0.2, 0.25) is 5.13 Å². The molecule has 1 aliphatic carbocycles. The van der Waals surface area contributed by atoms with E-state index in [2.05, 4.69) is 15.5 Å². The van der Waals surface area contributed by atoms with Gasteiger partial charge in [-0.05, 0) is 12.8 Å². The molecule has 2 heterocycles. The molecule has 116 valence electrons. The number of nitrogens with zero attached hydrogens (tertiary/aromatic N) is 3. The van der Waals surface area contributed by atoms with Gasteiger partial charge < -0.3 is 9.64 Å². The molecule has 1 saturated heterocycles. The molecule has 1 N–H and O–H groups in total. The van der Waals surface area contributed by atoms with E-state index in [1.807, 2.05) is 6.92 Å². The van der Waals surface area contributed by atoms with E-state index in [1.165, 1.54) is 37.0 Å². The van der Waals surface area contributed by atoms with Crippen LogP contribution in [0.15, 0.2) is 0 Å². The first kappa shape index (κ1) is 14.7. The summed E-state index contributed by atoms with van der Waals surface area (Å²) in [5, 5.41) is 12.8. The van der Waals surface area contributed by atoms with Gasteiger partial charge in [0.15, 0.2) is 0 Å². The van der Waals surface area contributed by atoms with E-state index in [1.54, 1.807) is 4.90 Å². The minimum Gasteiger partial charge on any atom is -0.375 e. The lowest BCUT2D eigenvalue weighted by Crippen LogP contribution is -2.46. The number of amides is 2. The van der Waals surface area contributed by atoms with E-state index < -0.39 is 0 Å². The van der Waals surface area contributed by atoms with Crippen LogP contribution in [0.25, 0.3) is 0 Å². The number of aromatic nitrogens is 2. The highest BCUT2D eigenvalue weighted by Crippen LogP contribution is 2.29. The van der Waals surface area contributed by atoms with Crippen molar-refractivity contribution in [3.63, 3.8) is 0 Å². The fraction of sp³-hybridized carbons (Fsp3) is 0.786. The zero-order valence-electron chi connectivity index (χ0n) is 12.4. The minimum atomic E-state index is -0.103. The topological polar surface area (TPSA) is 67.4 Å². The maximum atomic E-state index is 12.2. The van der Waals surface area contributed by atoms with Crippen molar-refractivity contribution < 1.29 is 9.53 Å². The zero-order valence-corrected chi connectivity index (χ0v) is 13.2. The third-order valence-electron chi connectivity index (χ3n) is 4.15. The lowest BCUT2D eigenvalue weighted by Gasteiger charge is -2.30. The number of nitrogens with one attached hydrogen (secondary N) is 1. The van der Waals surface area contributed by atoms with Gasteiger partial charge in [0.1, 0.15) is 5.01 Å². The average Bonchev–Trinajstić information content (AvgIpc) is 3.11. The number of rotatable bonds is 3. The van der Waals surface area contributed by atoms with Gasteiger partial charge in [-0.3, -0.25) is 5.32 Å². The summed E-state index contributed by atoms with van der Waals surface area (Å²) in [7, 11) is 0. The molecular formula is C14H22N4O2S. The first-order chi connectivity index (χ1) is 10.2. The molecule has 21 heavy (non-hydrogen) atoms. The van der Waals surface area contributed by atoms with Gasteiger partial charge in [-0.25, -0.2) is 4.79 Å². The van der Waals surface area contributed by atoms with E-state index in [4.69, 9.17) is 4.74 Å². The quantitative estimate of drug-likeness (QED) is 0.931. The maximum absolute atomic E-state index is 12.2. The van der Waals surface area contributed by atoms with E-state index in [9.17, 15) is 4.79 Å². The molecule has 1 atom stereocenters. The van der Waals surface area contributed by atoms with Crippen LogP contribution in [0.5, 0.6) is 0 Å². The third-order valence-corrected chi connectivity index (χ3v) is 5.01. The Morgan fingerprint density at radius 1 is 1.43 bits per heavy atom. The van der Waals surface area contributed by atoms with E-state index in [0.717, 1.165) is 17.3 Å². The molecule has 2 aliphatic rings. The van der Waals surface area contributed by atoms with E-state index >= 15 is 0 Å². The number of morpholine rings is 1. The molecule has 1 saturated carbocycles. The number of urea groups is 1. The Balaban J connectivity index is 1.52. The smallest absolute Gasteiger partial charge is 0.323 e. The van der Waals surface area contributed by atoms with Crippen LogP contribution in [0, 0.1) is 5.92 Å². The standard InChI is InChI=1S/C14H22N4O2S/c1-10-9-18(6-7-20-10)14(19)15-13-17-16-12(21-13)8-11-4-2-3-5-11/h10-11H,2-9H2,1H3,(H,15,17,19). The molecule has 1 aromatic rings. The molecule has 2 amide bonds. The van der Waals surface area contributed by atoms with Crippen molar-refractivity contribution in [1.29, 1.82) is 0 Å². The number of carbonyl (C=O) groups excluding carboxylic acids is 1. The van der Waals surface area contributed by atoms with Crippen molar-refractivity contribution in [3.05, 3.63) is 5.01 Å². The highest BCUT2D eigenvalue weighted by molar-refractivity contribution is 7.15. The molecule has 0 radical (unpaired) electrons. The normalized spacial score (nSPS) is 23.5. The number of hydrogen-bond donors (Lipinski definition) is 1. The van der Waals surface area contributed by atoms with Gasteiger partial charge >= 0.3 is 6.03 Å². The van der Waals surface area contributed by atoms with Crippen molar-refractivity contribution in [1.82, 2.24) is 15.1 Å². The van der Waals surface area contributed by atoms with Crippen molar-refractivity contribution in [2.75, 3.05) is 25.0 Å². The Kier molecular flexibility index (Phi) is 4.70. The van der Waals surface area contributed by atoms with Crippen LogP contribution < -0.4 is 5.32 Å². The first-order valence-corrected chi connectivity index (χ1v) is 8.52. The number of ether oxygens (including phenoxy) is 1. The van der Waals surface area contributed by atoms with Crippen LogP contribution in [0.3, 0.4) is 0 Å². The second-order valence-electron chi connectivity index (χ2n) is 5.91. The van der Waals surface area contributed by atoms with Crippen molar-refractivity contribution in [2.45, 2.75) is 45.1 Å². The summed E-state index contributed by atoms with van der Waals surface area (Å²) in [6, 6.07) is -0.103. The molecule has 3 rings (SSSR count). The summed E-state index contributed by atoms with van der Waals surface area (Å²) in [5.41, 5.74) is 0. The van der Waals surface area contributed by atoms with E-state index in [-0.39, 0.29) is 12.1 Å². The summed E-state index contributed by atoms with van der Waals surface area (Å²) >= 11 is 1.50. The van der Waals surface area contributed by atoms with Gasteiger partial charge in [0, 0.05) is 19.5 Å². The lowest BCUT2D eigenvalue weighted by atomic mass is 10.1. The molecular weight excluding hydrogens is 288 g/mol. The third kappa shape index (κ3) is 3.91. The first-order valence-electron chi connectivity index (χ1n) is 7.70. The average molecular weight is 310 g/mol. The molecule has 7 heteroatoms. The molecule has 6 nitrogen and oxygen atoms in total. The van der Waals surface area contributed by atoms with Crippen LogP contribution in [0.4, 0.5) is 9.93 Å².